The quantitative estimate of drug-likeness (QED) is 0.289. The first kappa shape index (κ1) is 28.6. The van der Waals surface area contributed by atoms with Gasteiger partial charge in [0.25, 0.3) is 5.91 Å². The molecule has 2 N–H and O–H groups in total. The van der Waals surface area contributed by atoms with E-state index in [2.05, 4.69) is 36.8 Å². The topological polar surface area (TPSA) is 84.0 Å². The molecule has 0 saturated heterocycles. The van der Waals surface area contributed by atoms with E-state index in [9.17, 15) is 35.9 Å². The predicted molar refractivity (Wildman–Crippen MR) is 129 cm³/mol. The molecular weight excluding hydrogens is 590 g/mol. The number of hydrogen-bond donors (Lipinski definition) is 2. The lowest BCUT2D eigenvalue weighted by molar-refractivity contribution is -0.143. The Bertz CT molecular complexity index is 1250. The molecule has 2 amide bonds. The third-order valence-corrected chi connectivity index (χ3v) is 6.79. The first-order valence-corrected chi connectivity index (χ1v) is 12.3. The van der Waals surface area contributed by atoms with Gasteiger partial charge in [-0.2, -0.15) is 26.3 Å². The van der Waals surface area contributed by atoms with E-state index in [-0.39, 0.29) is 11.2 Å². The van der Waals surface area contributed by atoms with Crippen molar-refractivity contribution in [2.24, 2.45) is 5.92 Å². The number of nitrogens with zero attached hydrogens (tertiary/aromatic N) is 2. The first-order valence-electron chi connectivity index (χ1n) is 10.7. The molecule has 1 aromatic heterocycles. The Morgan fingerprint density at radius 2 is 1.54 bits per heavy atom. The summed E-state index contributed by atoms with van der Waals surface area (Å²) in [5.41, 5.74) is -3.41. The largest absolute Gasteiger partial charge is 0.416 e. The summed E-state index contributed by atoms with van der Waals surface area (Å²) in [5, 5.41) is 13.3. The van der Waals surface area contributed by atoms with Gasteiger partial charge in [0.15, 0.2) is 0 Å². The molecule has 0 bridgehead atoms. The molecule has 6 nitrogen and oxygen atoms in total. The van der Waals surface area contributed by atoms with Crippen LogP contribution in [0, 0.1) is 5.92 Å². The van der Waals surface area contributed by atoms with Crippen LogP contribution in [-0.4, -0.2) is 28.1 Å². The molecule has 198 valence electrons. The van der Waals surface area contributed by atoms with Crippen LogP contribution in [0.25, 0.3) is 10.6 Å². The number of nitrogens with one attached hydrogen (secondary N) is 2. The van der Waals surface area contributed by atoms with Crippen LogP contribution >= 0.6 is 27.3 Å². The molecule has 3 aromatic rings. The summed E-state index contributed by atoms with van der Waals surface area (Å²) in [6.07, 6.45) is -9.86. The molecule has 1 heterocycles. The number of rotatable bonds is 7. The second-order valence-corrected chi connectivity index (χ2v) is 9.93. The summed E-state index contributed by atoms with van der Waals surface area (Å²) in [5.74, 6) is -2.52. The second kappa shape index (κ2) is 11.2. The number of halogens is 7. The van der Waals surface area contributed by atoms with Crippen molar-refractivity contribution in [1.29, 1.82) is 0 Å². The Balaban J connectivity index is 1.84. The Hall–Kier alpha value is -3.00. The lowest BCUT2D eigenvalue weighted by Gasteiger charge is -2.23. The van der Waals surface area contributed by atoms with Gasteiger partial charge < -0.3 is 5.32 Å². The van der Waals surface area contributed by atoms with Gasteiger partial charge in [-0.1, -0.05) is 59.7 Å². The molecule has 37 heavy (non-hydrogen) atoms. The molecule has 0 saturated carbocycles. The summed E-state index contributed by atoms with van der Waals surface area (Å²) in [4.78, 5) is 25.7. The van der Waals surface area contributed by atoms with Gasteiger partial charge in [-0.15, -0.1) is 10.2 Å². The minimum Gasteiger partial charge on any atom is -0.340 e. The van der Waals surface area contributed by atoms with Gasteiger partial charge in [-0.25, -0.2) is 0 Å². The lowest BCUT2D eigenvalue weighted by atomic mass is 9.97. The monoisotopic (exact) mass is 608 g/mol. The summed E-state index contributed by atoms with van der Waals surface area (Å²) >= 11 is 4.37. The van der Waals surface area contributed by atoms with Crippen LogP contribution in [0.5, 0.6) is 0 Å². The highest BCUT2D eigenvalue weighted by Crippen LogP contribution is 2.36. The number of benzene rings is 2. The van der Waals surface area contributed by atoms with Gasteiger partial charge in [0.05, 0.1) is 11.1 Å². The maximum Gasteiger partial charge on any atom is 0.416 e. The van der Waals surface area contributed by atoms with E-state index in [4.69, 9.17) is 0 Å². The zero-order valence-electron chi connectivity index (χ0n) is 19.2. The zero-order chi connectivity index (χ0) is 27.5. The average Bonchev–Trinajstić information content (AvgIpc) is 3.29. The Labute approximate surface area is 219 Å². The van der Waals surface area contributed by atoms with Gasteiger partial charge in [0.1, 0.15) is 11.0 Å². The smallest absolute Gasteiger partial charge is 0.340 e. The maximum absolute atomic E-state index is 13.2. The third kappa shape index (κ3) is 7.28. The van der Waals surface area contributed by atoms with Crippen molar-refractivity contribution >= 4 is 44.2 Å². The van der Waals surface area contributed by atoms with E-state index in [0.717, 1.165) is 21.4 Å². The van der Waals surface area contributed by atoms with Crippen molar-refractivity contribution in [3.63, 3.8) is 0 Å². The fraction of sp³-hybridized carbons (Fsp3) is 0.304. The van der Waals surface area contributed by atoms with Crippen LogP contribution in [-0.2, 0) is 17.1 Å². The van der Waals surface area contributed by atoms with Crippen LogP contribution < -0.4 is 10.6 Å². The highest BCUT2D eigenvalue weighted by atomic mass is 79.9. The summed E-state index contributed by atoms with van der Waals surface area (Å²) < 4.78 is 79.9. The van der Waals surface area contributed by atoms with Crippen LogP contribution in [0.2, 0.25) is 0 Å². The van der Waals surface area contributed by atoms with E-state index in [1.54, 1.807) is 38.1 Å². The number of anilines is 1. The minimum absolute atomic E-state index is 0.0753. The van der Waals surface area contributed by atoms with Gasteiger partial charge in [-0.05, 0) is 36.2 Å². The molecular formula is C23H19BrF6N4O2S. The molecule has 0 unspecified atom stereocenters. The van der Waals surface area contributed by atoms with Crippen molar-refractivity contribution in [1.82, 2.24) is 15.5 Å². The van der Waals surface area contributed by atoms with Crippen LogP contribution in [0.1, 0.15) is 41.8 Å². The third-order valence-electron chi connectivity index (χ3n) is 5.38. The van der Waals surface area contributed by atoms with Crippen molar-refractivity contribution in [3.05, 3.63) is 63.6 Å². The summed E-state index contributed by atoms with van der Waals surface area (Å²) in [6, 6.07) is 6.42. The Morgan fingerprint density at radius 1 is 0.973 bits per heavy atom. The predicted octanol–water partition coefficient (Wildman–Crippen LogP) is 6.79. The average molecular weight is 609 g/mol. The van der Waals surface area contributed by atoms with Gasteiger partial charge in [0.2, 0.25) is 11.0 Å². The maximum atomic E-state index is 13.2. The molecule has 2 atom stereocenters. The fourth-order valence-corrected chi connectivity index (χ4v) is 4.19. The number of aromatic nitrogens is 2. The van der Waals surface area contributed by atoms with Gasteiger partial charge in [-0.3, -0.25) is 14.9 Å². The van der Waals surface area contributed by atoms with E-state index < -0.39 is 52.8 Å². The molecule has 0 fully saturated rings. The molecule has 2 aromatic carbocycles. The van der Waals surface area contributed by atoms with Crippen LogP contribution in [0.4, 0.5) is 31.5 Å². The van der Waals surface area contributed by atoms with E-state index in [1.165, 1.54) is 0 Å². The van der Waals surface area contributed by atoms with E-state index in [0.29, 0.717) is 23.6 Å². The van der Waals surface area contributed by atoms with Crippen molar-refractivity contribution in [2.75, 3.05) is 5.32 Å². The highest BCUT2D eigenvalue weighted by Gasteiger charge is 2.38. The number of hydrogen-bond acceptors (Lipinski definition) is 5. The molecule has 0 aliphatic rings. The number of carbonyl (C=O) groups excluding carboxylic acids is 2. The number of amides is 2. The van der Waals surface area contributed by atoms with Crippen LogP contribution in [0.15, 0.2) is 46.9 Å². The van der Waals surface area contributed by atoms with E-state index >= 15 is 0 Å². The lowest BCUT2D eigenvalue weighted by Crippen LogP contribution is -2.47. The Kier molecular flexibility index (Phi) is 8.63. The molecule has 0 aliphatic heterocycles. The second-order valence-electron chi connectivity index (χ2n) is 8.04. The van der Waals surface area contributed by atoms with Gasteiger partial charge in [0, 0.05) is 15.6 Å². The van der Waals surface area contributed by atoms with Crippen molar-refractivity contribution in [3.8, 4) is 10.6 Å². The first-order chi connectivity index (χ1) is 17.2. The van der Waals surface area contributed by atoms with E-state index in [1.807, 2.05) is 0 Å². The molecule has 0 aliphatic carbocycles. The van der Waals surface area contributed by atoms with Crippen molar-refractivity contribution < 1.29 is 35.9 Å². The minimum atomic E-state index is -5.12. The highest BCUT2D eigenvalue weighted by molar-refractivity contribution is 9.10. The molecule has 3 rings (SSSR count). The standard InChI is InChI=1S/C23H19BrF6N4O2S/c1-3-11(2)17(19(36)32-21-34-33-20(37-21)12-4-6-16(24)7-5-12)31-18(35)13-8-14(22(25,26)27)10-15(9-13)23(28,29)30/h4-11,17H,3H2,1-2H3,(H,31,35)(H,32,34,36)/t11-,17-/m1/s1. The SMILES string of the molecule is CC[C@@H](C)[C@@H](NC(=O)c1cc(C(F)(F)F)cc(C(F)(F)F)c1)C(=O)Nc1nnc(-c2ccc(Br)cc2)s1. The number of carbonyl (C=O) groups is 2. The normalized spacial score (nSPS) is 13.6. The van der Waals surface area contributed by atoms with Gasteiger partial charge >= 0.3 is 12.4 Å². The summed E-state index contributed by atoms with van der Waals surface area (Å²) in [7, 11) is 0. The summed E-state index contributed by atoms with van der Waals surface area (Å²) in [6.45, 7) is 3.31. The number of alkyl halides is 6. The molecule has 0 spiro atoms. The Morgan fingerprint density at radius 3 is 2.05 bits per heavy atom. The fourth-order valence-electron chi connectivity index (χ4n) is 3.18. The van der Waals surface area contributed by atoms with Crippen LogP contribution in [0.3, 0.4) is 0 Å². The van der Waals surface area contributed by atoms with Crippen molar-refractivity contribution in [2.45, 2.75) is 38.7 Å². The zero-order valence-corrected chi connectivity index (χ0v) is 21.6. The molecule has 14 heteroatoms. The molecule has 0 radical (unpaired) electrons.